The van der Waals surface area contributed by atoms with Crippen LogP contribution in [0.5, 0.6) is 11.5 Å². The van der Waals surface area contributed by atoms with Crippen molar-refractivity contribution in [2.24, 2.45) is 0 Å². The van der Waals surface area contributed by atoms with Gasteiger partial charge in [0, 0.05) is 24.7 Å². The summed E-state index contributed by atoms with van der Waals surface area (Å²) in [4.78, 5) is 18.3. The first-order chi connectivity index (χ1) is 19.8. The van der Waals surface area contributed by atoms with Crippen LogP contribution in [0.2, 0.25) is 5.02 Å². The molecule has 6 rings (SSSR count). The summed E-state index contributed by atoms with van der Waals surface area (Å²) in [7, 11) is 0. The van der Waals surface area contributed by atoms with Gasteiger partial charge in [0.25, 0.3) is 0 Å². The van der Waals surface area contributed by atoms with Crippen molar-refractivity contribution in [3.8, 4) is 11.5 Å². The van der Waals surface area contributed by atoms with Crippen molar-refractivity contribution in [3.63, 3.8) is 0 Å². The van der Waals surface area contributed by atoms with E-state index in [2.05, 4.69) is 9.88 Å². The highest BCUT2D eigenvalue weighted by molar-refractivity contribution is 6.30. The average molecular weight is 584 g/mol. The van der Waals surface area contributed by atoms with E-state index in [1.54, 1.807) is 6.07 Å². The summed E-state index contributed by atoms with van der Waals surface area (Å²) in [6.45, 7) is 3.20. The number of hydrogen-bond acceptors (Lipinski definition) is 6. The number of likely N-dealkylation sites (tertiary alicyclic amines) is 1. The van der Waals surface area contributed by atoms with Gasteiger partial charge in [-0.05, 0) is 60.9 Å². The maximum Gasteiger partial charge on any atom is 0.335 e. The number of carboxylic acids is 1. The van der Waals surface area contributed by atoms with Crippen LogP contribution in [0.1, 0.15) is 34.6 Å². The summed E-state index contributed by atoms with van der Waals surface area (Å²) in [5.74, 6) is -0.888. The van der Waals surface area contributed by atoms with Crippen LogP contribution in [0.3, 0.4) is 0 Å². The molecule has 2 atom stereocenters. The molecular formula is C30H28ClF2N3O5. The van der Waals surface area contributed by atoms with Gasteiger partial charge in [0.15, 0.2) is 17.4 Å². The number of halogens is 3. The molecular weight excluding hydrogens is 556 g/mol. The molecule has 2 aliphatic heterocycles. The Labute approximate surface area is 240 Å². The quantitative estimate of drug-likeness (QED) is 0.257. The summed E-state index contributed by atoms with van der Waals surface area (Å²) in [5.41, 5.74) is 1.34. The molecule has 11 heteroatoms. The second-order valence-electron chi connectivity index (χ2n) is 10.3. The second-order valence-corrected chi connectivity index (χ2v) is 10.8. The van der Waals surface area contributed by atoms with Crippen molar-refractivity contribution in [3.05, 3.63) is 88.2 Å². The Balaban J connectivity index is 1.12. The van der Waals surface area contributed by atoms with Crippen molar-refractivity contribution in [1.82, 2.24) is 14.5 Å². The number of ether oxygens (including phenoxy) is 3. The number of benzene rings is 3. The molecule has 0 aliphatic carbocycles. The summed E-state index contributed by atoms with van der Waals surface area (Å²) in [6.07, 6.45) is 1.60. The van der Waals surface area contributed by atoms with Crippen LogP contribution in [-0.4, -0.2) is 57.4 Å². The van der Waals surface area contributed by atoms with Crippen molar-refractivity contribution in [2.75, 3.05) is 19.7 Å². The highest BCUT2D eigenvalue weighted by Crippen LogP contribution is 2.28. The minimum absolute atomic E-state index is 0.00945. The lowest BCUT2D eigenvalue weighted by atomic mass is 10.1. The first-order valence-corrected chi connectivity index (χ1v) is 13.8. The average Bonchev–Trinajstić information content (AvgIpc) is 3.50. The third-order valence-electron chi connectivity index (χ3n) is 7.40. The molecule has 214 valence electrons. The molecule has 1 aromatic heterocycles. The second kappa shape index (κ2) is 11.6. The zero-order chi connectivity index (χ0) is 28.5. The molecule has 2 fully saturated rings. The normalized spacial score (nSPS) is 18.9. The molecule has 2 saturated heterocycles. The van der Waals surface area contributed by atoms with E-state index >= 15 is 0 Å². The fourth-order valence-electron chi connectivity index (χ4n) is 5.20. The van der Waals surface area contributed by atoms with Crippen LogP contribution in [-0.2, 0) is 24.4 Å². The first kappa shape index (κ1) is 27.4. The Hall–Kier alpha value is -3.73. The predicted molar refractivity (Wildman–Crippen MR) is 148 cm³/mol. The molecule has 8 nitrogen and oxygen atoms in total. The van der Waals surface area contributed by atoms with Gasteiger partial charge in [-0.25, -0.2) is 18.6 Å². The van der Waals surface area contributed by atoms with Gasteiger partial charge in [-0.15, -0.1) is 0 Å². The van der Waals surface area contributed by atoms with E-state index in [1.165, 1.54) is 18.2 Å². The van der Waals surface area contributed by atoms with E-state index in [9.17, 15) is 18.7 Å². The number of rotatable bonds is 10. The van der Waals surface area contributed by atoms with Gasteiger partial charge in [0.05, 0.1) is 30.3 Å². The third-order valence-corrected chi connectivity index (χ3v) is 7.63. The molecule has 0 saturated carbocycles. The van der Waals surface area contributed by atoms with Gasteiger partial charge in [0.1, 0.15) is 29.8 Å². The standard InChI is InChI=1S/C30H28ClF2N3O5/c31-20-4-5-27(24(32)13-20)40-17-18-2-1-3-21(10-18)41-23-6-8-35(14-23)16-28-34-29-25(33)11-19(30(37)38)12-26(29)36(28)15-22-7-9-39-22/h1-5,10-13,22-23H,6-9,14-17H2,(H,37,38)/t22-,23-/m0/s1. The predicted octanol–water partition coefficient (Wildman–Crippen LogP) is 5.69. The van der Waals surface area contributed by atoms with Gasteiger partial charge in [0.2, 0.25) is 0 Å². The van der Waals surface area contributed by atoms with Crippen molar-refractivity contribution < 1.29 is 32.9 Å². The number of fused-ring (bicyclic) bond motifs is 1. The molecule has 0 unspecified atom stereocenters. The Morgan fingerprint density at radius 2 is 1.98 bits per heavy atom. The Morgan fingerprint density at radius 3 is 2.73 bits per heavy atom. The minimum atomic E-state index is -1.19. The van der Waals surface area contributed by atoms with E-state index in [1.807, 2.05) is 28.8 Å². The van der Waals surface area contributed by atoms with Gasteiger partial charge in [-0.2, -0.15) is 0 Å². The fraction of sp³-hybridized carbons (Fsp3) is 0.333. The molecule has 3 heterocycles. The van der Waals surface area contributed by atoms with Gasteiger partial charge in [-0.3, -0.25) is 4.90 Å². The number of aromatic nitrogens is 2. The third kappa shape index (κ3) is 6.14. The van der Waals surface area contributed by atoms with Crippen molar-refractivity contribution in [1.29, 1.82) is 0 Å². The number of carbonyl (C=O) groups is 1. The summed E-state index contributed by atoms with van der Waals surface area (Å²) in [6, 6.07) is 14.3. The lowest BCUT2D eigenvalue weighted by molar-refractivity contribution is -0.0591. The first-order valence-electron chi connectivity index (χ1n) is 13.4. The van der Waals surface area contributed by atoms with Crippen molar-refractivity contribution >= 4 is 28.6 Å². The van der Waals surface area contributed by atoms with E-state index in [0.29, 0.717) is 48.4 Å². The number of aromatic carboxylic acids is 1. The smallest absolute Gasteiger partial charge is 0.335 e. The van der Waals surface area contributed by atoms with E-state index in [0.717, 1.165) is 31.0 Å². The lowest BCUT2D eigenvalue weighted by Crippen LogP contribution is -2.33. The van der Waals surface area contributed by atoms with Crippen LogP contribution in [0, 0.1) is 11.6 Å². The highest BCUT2D eigenvalue weighted by Gasteiger charge is 2.28. The topological polar surface area (TPSA) is 86.0 Å². The van der Waals surface area contributed by atoms with Crippen molar-refractivity contribution in [2.45, 2.75) is 44.7 Å². The lowest BCUT2D eigenvalue weighted by Gasteiger charge is -2.28. The van der Waals surface area contributed by atoms with Crippen LogP contribution in [0.4, 0.5) is 8.78 Å². The number of carboxylic acid groups (broad SMARTS) is 1. The molecule has 4 aromatic rings. The molecule has 0 amide bonds. The number of nitrogens with zero attached hydrogens (tertiary/aromatic N) is 3. The molecule has 0 radical (unpaired) electrons. The molecule has 3 aromatic carbocycles. The molecule has 1 N–H and O–H groups in total. The molecule has 41 heavy (non-hydrogen) atoms. The number of imidazole rings is 1. The molecule has 2 aliphatic rings. The van der Waals surface area contributed by atoms with Crippen LogP contribution >= 0.6 is 11.6 Å². The zero-order valence-electron chi connectivity index (χ0n) is 22.1. The summed E-state index contributed by atoms with van der Waals surface area (Å²) in [5, 5.41) is 9.74. The monoisotopic (exact) mass is 583 g/mol. The van der Waals surface area contributed by atoms with Gasteiger partial charge < -0.3 is 23.9 Å². The Morgan fingerprint density at radius 1 is 1.12 bits per heavy atom. The molecule has 0 spiro atoms. The molecule has 0 bridgehead atoms. The Bertz CT molecular complexity index is 1590. The number of hydrogen-bond donors (Lipinski definition) is 1. The fourth-order valence-corrected chi connectivity index (χ4v) is 5.36. The maximum absolute atomic E-state index is 14.8. The van der Waals surface area contributed by atoms with Gasteiger partial charge >= 0.3 is 5.97 Å². The van der Waals surface area contributed by atoms with E-state index < -0.39 is 17.6 Å². The zero-order valence-corrected chi connectivity index (χ0v) is 22.8. The summed E-state index contributed by atoms with van der Waals surface area (Å²) < 4.78 is 48.2. The Kier molecular flexibility index (Phi) is 7.79. The van der Waals surface area contributed by atoms with Crippen LogP contribution in [0.15, 0.2) is 54.6 Å². The SMILES string of the molecule is O=C(O)c1cc(F)c2nc(CN3CC[C@H](Oc4cccc(COc5ccc(Cl)cc5F)c4)C3)n(C[C@@H]3CCO3)c2c1. The highest BCUT2D eigenvalue weighted by atomic mass is 35.5. The largest absolute Gasteiger partial charge is 0.489 e. The summed E-state index contributed by atoms with van der Waals surface area (Å²) >= 11 is 5.81. The van der Waals surface area contributed by atoms with Crippen LogP contribution < -0.4 is 9.47 Å². The minimum Gasteiger partial charge on any atom is -0.489 e. The van der Waals surface area contributed by atoms with Crippen LogP contribution in [0.25, 0.3) is 11.0 Å². The van der Waals surface area contributed by atoms with E-state index in [-0.39, 0.29) is 35.6 Å². The van der Waals surface area contributed by atoms with Gasteiger partial charge in [-0.1, -0.05) is 23.7 Å². The maximum atomic E-state index is 14.8. The van der Waals surface area contributed by atoms with E-state index in [4.69, 9.17) is 25.8 Å².